The van der Waals surface area contributed by atoms with Crippen molar-refractivity contribution in [3.63, 3.8) is 0 Å². The molecule has 1 aromatic heterocycles. The first-order chi connectivity index (χ1) is 15.4. The lowest BCUT2D eigenvalue weighted by molar-refractivity contribution is -0.0500. The van der Waals surface area contributed by atoms with Gasteiger partial charge in [-0.05, 0) is 55.5 Å². The molecule has 0 bridgehead atoms. The number of aliphatic imine (C=N–C) groups is 1. The van der Waals surface area contributed by atoms with Crippen molar-refractivity contribution < 1.29 is 26.9 Å². The Morgan fingerprint density at radius 1 is 1.33 bits per heavy atom. The average Bonchev–Trinajstić information content (AvgIpc) is 3.56. The third kappa shape index (κ3) is 3.64. The molecule has 1 saturated carbocycles. The Morgan fingerprint density at radius 2 is 2.03 bits per heavy atom. The first kappa shape index (κ1) is 23.1. The molecule has 11 heteroatoms. The van der Waals surface area contributed by atoms with Crippen LogP contribution in [0.3, 0.4) is 0 Å². The van der Waals surface area contributed by atoms with E-state index in [9.17, 15) is 17.8 Å². The second-order valence-electron chi connectivity index (χ2n) is 8.35. The van der Waals surface area contributed by atoms with Crippen molar-refractivity contribution in [2.75, 3.05) is 7.05 Å². The number of aromatic nitrogens is 1. The summed E-state index contributed by atoms with van der Waals surface area (Å²) < 4.78 is 57.9. The normalized spacial score (nSPS) is 25.8. The van der Waals surface area contributed by atoms with Crippen LogP contribution in [0.15, 0.2) is 41.5 Å². The van der Waals surface area contributed by atoms with E-state index in [0.29, 0.717) is 18.4 Å². The molecule has 1 aromatic carbocycles. The highest BCUT2D eigenvalue weighted by Gasteiger charge is 2.67. The number of nitrogens with two attached hydrogens (primary N) is 1. The Morgan fingerprint density at radius 3 is 2.61 bits per heavy atom. The molecule has 1 unspecified atom stereocenters. The number of ether oxygens (including phenoxy) is 1. The number of ketones is 1. The van der Waals surface area contributed by atoms with Gasteiger partial charge in [-0.3, -0.25) is 9.10 Å². The van der Waals surface area contributed by atoms with E-state index >= 15 is 4.39 Å². The van der Waals surface area contributed by atoms with E-state index in [2.05, 4.69) is 20.6 Å². The maximum absolute atomic E-state index is 15.0. The molecule has 2 atom stereocenters. The molecule has 0 radical (unpaired) electrons. The van der Waals surface area contributed by atoms with Crippen LogP contribution in [0.2, 0.25) is 0 Å². The smallest absolute Gasteiger partial charge is 0.387 e. The van der Waals surface area contributed by atoms with E-state index in [1.165, 1.54) is 34.6 Å². The number of hydrogen-bond donors (Lipinski definition) is 1. The number of benzene rings is 1. The molecule has 2 aliphatic rings. The Balaban J connectivity index is 1.66. The van der Waals surface area contributed by atoms with Gasteiger partial charge in [0, 0.05) is 19.0 Å². The van der Waals surface area contributed by atoms with Gasteiger partial charge in [-0.25, -0.2) is 18.6 Å². The summed E-state index contributed by atoms with van der Waals surface area (Å²) in [4.78, 5) is 21.1. The number of Topliss-reactive ketones (excluding diaryl/α,β-unsaturated/α-hetero) is 1. The van der Waals surface area contributed by atoms with Crippen LogP contribution in [-0.2, 0) is 21.7 Å². The number of rotatable bonds is 6. The van der Waals surface area contributed by atoms with Gasteiger partial charge in [-0.15, -0.1) is 0 Å². The maximum atomic E-state index is 15.0. The van der Waals surface area contributed by atoms with Crippen LogP contribution in [0.25, 0.3) is 0 Å². The van der Waals surface area contributed by atoms with Gasteiger partial charge < -0.3 is 10.5 Å². The molecular weight excluding hydrogens is 457 g/mol. The minimum atomic E-state index is -2.99. The summed E-state index contributed by atoms with van der Waals surface area (Å²) in [6.07, 6.45) is 2.02. The minimum Gasteiger partial charge on any atom is -0.433 e. The zero-order chi connectivity index (χ0) is 24.2. The number of guanidine groups is 1. The molecule has 0 amide bonds. The van der Waals surface area contributed by atoms with E-state index in [-0.39, 0.29) is 29.4 Å². The highest BCUT2D eigenvalue weighted by molar-refractivity contribution is 8.00. The predicted molar refractivity (Wildman–Crippen MR) is 119 cm³/mol. The van der Waals surface area contributed by atoms with Crippen LogP contribution >= 0.6 is 0 Å². The van der Waals surface area contributed by atoms with E-state index in [1.54, 1.807) is 14.0 Å². The van der Waals surface area contributed by atoms with Crippen LogP contribution in [-0.4, -0.2) is 49.5 Å². The molecule has 33 heavy (non-hydrogen) atoms. The number of carbonyl (C=O) groups excluding carboxylic acids is 1. The standard InChI is InChI=1S/C22H23F3N4O3S/c1-21(22(8-9-22)33(3,31)29(2)20(26)28-21)15-10-13(4-6-16(15)23)11-18(30)17-7-5-14(12-27-17)32-19(24)25/h4-7,10,12,19H,3,8-9,11H2,1-2H3,(H2,26,28)/t21-,33?/m1/s1. The van der Waals surface area contributed by atoms with Gasteiger partial charge in [0.25, 0.3) is 0 Å². The van der Waals surface area contributed by atoms with Crippen LogP contribution in [0.1, 0.15) is 41.4 Å². The van der Waals surface area contributed by atoms with E-state index in [4.69, 9.17) is 5.73 Å². The average molecular weight is 481 g/mol. The molecular formula is C22H23F3N4O3S. The van der Waals surface area contributed by atoms with Crippen molar-refractivity contribution in [3.8, 4) is 5.75 Å². The number of hydrogen-bond acceptors (Lipinski definition) is 6. The first-order valence-corrected chi connectivity index (χ1v) is 11.8. The molecule has 2 aromatic rings. The van der Waals surface area contributed by atoms with Gasteiger partial charge in [0.1, 0.15) is 22.8 Å². The fraction of sp³-hybridized carbons (Fsp3) is 0.364. The van der Waals surface area contributed by atoms with Crippen molar-refractivity contribution in [1.82, 2.24) is 9.29 Å². The monoisotopic (exact) mass is 480 g/mol. The van der Waals surface area contributed by atoms with Gasteiger partial charge in [0.2, 0.25) is 5.96 Å². The van der Waals surface area contributed by atoms with E-state index in [1.807, 2.05) is 0 Å². The number of pyridine rings is 1. The van der Waals surface area contributed by atoms with E-state index < -0.39 is 38.2 Å². The molecule has 1 fully saturated rings. The lowest BCUT2D eigenvalue weighted by Gasteiger charge is -2.45. The van der Waals surface area contributed by atoms with Crippen LogP contribution in [0.4, 0.5) is 13.2 Å². The predicted octanol–water partition coefficient (Wildman–Crippen LogP) is 2.89. The Bertz CT molecular complexity index is 1240. The number of nitrogens with zero attached hydrogens (tertiary/aromatic N) is 3. The molecule has 1 spiro atoms. The summed E-state index contributed by atoms with van der Waals surface area (Å²) in [5.41, 5.74) is 5.52. The molecule has 2 N–H and O–H groups in total. The highest BCUT2D eigenvalue weighted by Crippen LogP contribution is 2.60. The lowest BCUT2D eigenvalue weighted by Crippen LogP contribution is -2.58. The van der Waals surface area contributed by atoms with Crippen LogP contribution in [0, 0.1) is 5.82 Å². The van der Waals surface area contributed by atoms with Gasteiger partial charge >= 0.3 is 6.61 Å². The summed E-state index contributed by atoms with van der Waals surface area (Å²) in [5.74, 6) is 2.81. The number of halogens is 3. The van der Waals surface area contributed by atoms with Crippen LogP contribution in [0.5, 0.6) is 5.75 Å². The zero-order valence-electron chi connectivity index (χ0n) is 18.1. The summed E-state index contributed by atoms with van der Waals surface area (Å²) in [5, 5.41) is 0. The molecule has 2 heterocycles. The Hall–Kier alpha value is -3.08. The fourth-order valence-electron chi connectivity index (χ4n) is 4.40. The van der Waals surface area contributed by atoms with Crippen molar-refractivity contribution in [3.05, 3.63) is 59.2 Å². The lowest BCUT2D eigenvalue weighted by atomic mass is 9.85. The van der Waals surface area contributed by atoms with Crippen molar-refractivity contribution >= 4 is 27.3 Å². The van der Waals surface area contributed by atoms with Gasteiger partial charge in [-0.2, -0.15) is 8.78 Å². The quantitative estimate of drug-likeness (QED) is 0.507. The minimum absolute atomic E-state index is 0.00575. The number of carbonyl (C=O) groups is 1. The Kier molecular flexibility index (Phi) is 5.43. The van der Waals surface area contributed by atoms with Crippen LogP contribution < -0.4 is 10.5 Å². The third-order valence-corrected chi connectivity index (χ3v) is 9.57. The molecule has 1 aliphatic heterocycles. The summed E-state index contributed by atoms with van der Waals surface area (Å²) in [6, 6.07) is 6.74. The van der Waals surface area contributed by atoms with Gasteiger partial charge in [0.15, 0.2) is 5.78 Å². The van der Waals surface area contributed by atoms with Gasteiger partial charge in [-0.1, -0.05) is 6.07 Å². The fourth-order valence-corrected chi connectivity index (χ4v) is 6.78. The van der Waals surface area contributed by atoms with Gasteiger partial charge in [0.05, 0.1) is 20.7 Å². The topological polar surface area (TPSA) is 97.9 Å². The largest absolute Gasteiger partial charge is 0.433 e. The Labute approximate surface area is 189 Å². The summed E-state index contributed by atoms with van der Waals surface area (Å²) in [7, 11) is -1.31. The molecule has 0 saturated heterocycles. The summed E-state index contributed by atoms with van der Waals surface area (Å²) in [6.45, 7) is -1.30. The molecule has 4 rings (SSSR count). The molecule has 1 aliphatic carbocycles. The second kappa shape index (κ2) is 7.75. The van der Waals surface area contributed by atoms with Crippen molar-refractivity contribution in [2.24, 2.45) is 10.7 Å². The van der Waals surface area contributed by atoms with Crippen molar-refractivity contribution in [2.45, 2.75) is 43.1 Å². The summed E-state index contributed by atoms with van der Waals surface area (Å²) >= 11 is 0. The molecule has 7 nitrogen and oxygen atoms in total. The SMILES string of the molecule is C=S1(=O)N(C)C(N)=N[C@](C)(c2cc(CC(=O)c3ccc(OC(F)F)cn3)ccc2F)C12CC2. The third-order valence-electron chi connectivity index (χ3n) is 6.47. The molecule has 176 valence electrons. The maximum Gasteiger partial charge on any atom is 0.387 e. The highest BCUT2D eigenvalue weighted by atomic mass is 32.2. The zero-order valence-corrected chi connectivity index (χ0v) is 18.9. The second-order valence-corrected chi connectivity index (χ2v) is 11.0. The number of alkyl halides is 2. The van der Waals surface area contributed by atoms with Crippen molar-refractivity contribution in [1.29, 1.82) is 0 Å². The first-order valence-electron chi connectivity index (χ1n) is 10.1. The van der Waals surface area contributed by atoms with E-state index in [0.717, 1.165) is 6.20 Å².